The minimum Gasteiger partial charge on any atom is -0.389 e. The lowest BCUT2D eigenvalue weighted by Crippen LogP contribution is -2.37. The fourth-order valence-corrected chi connectivity index (χ4v) is 2.03. The van der Waals surface area contributed by atoms with Crippen molar-refractivity contribution in [1.82, 2.24) is 5.32 Å². The van der Waals surface area contributed by atoms with Crippen LogP contribution in [0.4, 0.5) is 5.69 Å². The standard InChI is InChI=1S/C12H16BrN3OS/c1-3-15-12(17)7(2)16-10-5-4-8(11(14)18)6-9(10)13/h4-7,16H,3H2,1-2H3,(H2,14,18)(H,15,17). The lowest BCUT2D eigenvalue weighted by atomic mass is 10.2. The fourth-order valence-electron chi connectivity index (χ4n) is 1.41. The zero-order valence-corrected chi connectivity index (χ0v) is 12.7. The Balaban J connectivity index is 2.79. The van der Waals surface area contributed by atoms with Crippen molar-refractivity contribution >= 4 is 44.7 Å². The average Bonchev–Trinajstić information content (AvgIpc) is 2.31. The molecule has 0 bridgehead atoms. The van der Waals surface area contributed by atoms with Gasteiger partial charge in [0.15, 0.2) is 0 Å². The normalized spacial score (nSPS) is 11.7. The molecule has 1 unspecified atom stereocenters. The molecule has 1 amide bonds. The third-order valence-corrected chi connectivity index (χ3v) is 3.26. The van der Waals surface area contributed by atoms with E-state index in [1.807, 2.05) is 25.1 Å². The molecule has 0 aliphatic rings. The Bertz CT molecular complexity index is 465. The Morgan fingerprint density at radius 1 is 1.56 bits per heavy atom. The van der Waals surface area contributed by atoms with E-state index in [2.05, 4.69) is 26.6 Å². The van der Waals surface area contributed by atoms with Crippen LogP contribution in [0.2, 0.25) is 0 Å². The van der Waals surface area contributed by atoms with Crippen molar-refractivity contribution in [1.29, 1.82) is 0 Å². The van der Waals surface area contributed by atoms with Gasteiger partial charge in [0, 0.05) is 22.3 Å². The smallest absolute Gasteiger partial charge is 0.242 e. The predicted molar refractivity (Wildman–Crippen MR) is 81.8 cm³/mol. The summed E-state index contributed by atoms with van der Waals surface area (Å²) in [5.74, 6) is -0.0391. The molecule has 0 saturated heterocycles. The highest BCUT2D eigenvalue weighted by Gasteiger charge is 2.13. The van der Waals surface area contributed by atoms with Crippen molar-refractivity contribution in [2.45, 2.75) is 19.9 Å². The number of carbonyl (C=O) groups excluding carboxylic acids is 1. The molecule has 4 N–H and O–H groups in total. The van der Waals surface area contributed by atoms with Gasteiger partial charge in [-0.15, -0.1) is 0 Å². The predicted octanol–water partition coefficient (Wildman–Crippen LogP) is 2.02. The Morgan fingerprint density at radius 2 is 2.22 bits per heavy atom. The minimum atomic E-state index is -0.308. The molecule has 0 radical (unpaired) electrons. The van der Waals surface area contributed by atoms with E-state index in [4.69, 9.17) is 18.0 Å². The van der Waals surface area contributed by atoms with Crippen LogP contribution in [0, 0.1) is 0 Å². The molecule has 4 nitrogen and oxygen atoms in total. The van der Waals surface area contributed by atoms with Crippen LogP contribution in [0.25, 0.3) is 0 Å². The van der Waals surface area contributed by atoms with Crippen LogP contribution >= 0.6 is 28.1 Å². The highest BCUT2D eigenvalue weighted by atomic mass is 79.9. The first-order valence-electron chi connectivity index (χ1n) is 5.59. The molecule has 0 heterocycles. The number of nitrogens with two attached hydrogens (primary N) is 1. The largest absolute Gasteiger partial charge is 0.389 e. The monoisotopic (exact) mass is 329 g/mol. The summed E-state index contributed by atoms with van der Waals surface area (Å²) in [7, 11) is 0. The summed E-state index contributed by atoms with van der Waals surface area (Å²) < 4.78 is 0.823. The van der Waals surface area contributed by atoms with Gasteiger partial charge in [0.1, 0.15) is 11.0 Å². The molecule has 0 saturated carbocycles. The van der Waals surface area contributed by atoms with Crippen molar-refractivity contribution in [2.24, 2.45) is 5.73 Å². The summed E-state index contributed by atoms with van der Waals surface area (Å²) in [6.45, 7) is 4.31. The molecule has 98 valence electrons. The van der Waals surface area contributed by atoms with Gasteiger partial charge in [0.2, 0.25) is 5.91 Å². The molecule has 0 fully saturated rings. The third kappa shape index (κ3) is 3.96. The van der Waals surface area contributed by atoms with E-state index >= 15 is 0 Å². The third-order valence-electron chi connectivity index (χ3n) is 2.37. The zero-order chi connectivity index (χ0) is 13.7. The molecule has 18 heavy (non-hydrogen) atoms. The van der Waals surface area contributed by atoms with Crippen molar-refractivity contribution in [2.75, 3.05) is 11.9 Å². The van der Waals surface area contributed by atoms with Gasteiger partial charge >= 0.3 is 0 Å². The van der Waals surface area contributed by atoms with Crippen LogP contribution in [0.5, 0.6) is 0 Å². The van der Waals surface area contributed by atoms with E-state index in [0.29, 0.717) is 11.5 Å². The molecule has 0 aliphatic carbocycles. The maximum absolute atomic E-state index is 11.6. The second-order valence-electron chi connectivity index (χ2n) is 3.82. The number of nitrogens with one attached hydrogen (secondary N) is 2. The van der Waals surface area contributed by atoms with Crippen LogP contribution < -0.4 is 16.4 Å². The number of hydrogen-bond donors (Lipinski definition) is 3. The first-order valence-corrected chi connectivity index (χ1v) is 6.79. The Morgan fingerprint density at radius 3 is 2.72 bits per heavy atom. The fraction of sp³-hybridized carbons (Fsp3) is 0.333. The van der Waals surface area contributed by atoms with Gasteiger partial charge < -0.3 is 16.4 Å². The van der Waals surface area contributed by atoms with Crippen LogP contribution in [0.1, 0.15) is 19.4 Å². The van der Waals surface area contributed by atoms with Gasteiger partial charge in [0.25, 0.3) is 0 Å². The average molecular weight is 330 g/mol. The number of thiocarbonyl (C=S) groups is 1. The Labute approximate surface area is 120 Å². The van der Waals surface area contributed by atoms with Crippen LogP contribution in [-0.2, 0) is 4.79 Å². The number of carbonyl (C=O) groups is 1. The van der Waals surface area contributed by atoms with Gasteiger partial charge in [-0.1, -0.05) is 12.2 Å². The number of halogens is 1. The highest BCUT2D eigenvalue weighted by Crippen LogP contribution is 2.24. The van der Waals surface area contributed by atoms with E-state index in [-0.39, 0.29) is 11.9 Å². The van der Waals surface area contributed by atoms with Crippen LogP contribution in [-0.4, -0.2) is 23.5 Å². The Kier molecular flexibility index (Phi) is 5.55. The molecular weight excluding hydrogens is 314 g/mol. The molecule has 0 spiro atoms. The van der Waals surface area contributed by atoms with Crippen molar-refractivity contribution < 1.29 is 4.79 Å². The van der Waals surface area contributed by atoms with Crippen molar-refractivity contribution in [3.05, 3.63) is 28.2 Å². The molecule has 6 heteroatoms. The molecule has 0 aromatic heterocycles. The molecule has 1 aromatic rings. The van der Waals surface area contributed by atoms with E-state index < -0.39 is 0 Å². The quantitative estimate of drug-likeness (QED) is 0.723. The first-order chi connectivity index (χ1) is 8.45. The molecule has 0 aliphatic heterocycles. The number of hydrogen-bond acceptors (Lipinski definition) is 3. The van der Waals surface area contributed by atoms with Crippen LogP contribution in [0.15, 0.2) is 22.7 Å². The second-order valence-corrected chi connectivity index (χ2v) is 5.11. The lowest BCUT2D eigenvalue weighted by molar-refractivity contribution is -0.121. The summed E-state index contributed by atoms with van der Waals surface area (Å²) in [5.41, 5.74) is 7.16. The lowest BCUT2D eigenvalue weighted by Gasteiger charge is -2.16. The van der Waals surface area contributed by atoms with Crippen molar-refractivity contribution in [3.63, 3.8) is 0 Å². The number of amides is 1. The van der Waals surface area contributed by atoms with Crippen LogP contribution in [0.3, 0.4) is 0 Å². The van der Waals surface area contributed by atoms with Gasteiger partial charge in [-0.05, 0) is 48.0 Å². The summed E-state index contributed by atoms with van der Waals surface area (Å²) >= 11 is 8.32. The van der Waals surface area contributed by atoms with E-state index in [9.17, 15) is 4.79 Å². The van der Waals surface area contributed by atoms with Gasteiger partial charge in [-0.3, -0.25) is 4.79 Å². The summed E-state index contributed by atoms with van der Waals surface area (Å²) in [4.78, 5) is 12.0. The SMILES string of the molecule is CCNC(=O)C(C)Nc1ccc(C(N)=S)cc1Br. The minimum absolute atomic E-state index is 0.0391. The van der Waals surface area contributed by atoms with Gasteiger partial charge in [-0.25, -0.2) is 0 Å². The second kappa shape index (κ2) is 6.70. The Hall–Kier alpha value is -1.14. The van der Waals surface area contributed by atoms with E-state index in [0.717, 1.165) is 15.7 Å². The zero-order valence-electron chi connectivity index (χ0n) is 10.3. The summed E-state index contributed by atoms with van der Waals surface area (Å²) in [6.07, 6.45) is 0. The molecular formula is C12H16BrN3OS. The van der Waals surface area contributed by atoms with E-state index in [1.165, 1.54) is 0 Å². The number of benzene rings is 1. The molecule has 1 rings (SSSR count). The maximum atomic E-state index is 11.6. The van der Waals surface area contributed by atoms with Gasteiger partial charge in [-0.2, -0.15) is 0 Å². The van der Waals surface area contributed by atoms with Gasteiger partial charge in [0.05, 0.1) is 0 Å². The maximum Gasteiger partial charge on any atom is 0.242 e. The topological polar surface area (TPSA) is 67.2 Å². The molecule has 1 atom stereocenters. The number of anilines is 1. The van der Waals surface area contributed by atoms with Crippen molar-refractivity contribution in [3.8, 4) is 0 Å². The number of rotatable bonds is 5. The van der Waals surface area contributed by atoms with E-state index in [1.54, 1.807) is 6.92 Å². The first kappa shape index (κ1) is 14.9. The molecule has 1 aromatic carbocycles. The number of likely N-dealkylation sites (N-methyl/N-ethyl adjacent to an activating group) is 1. The summed E-state index contributed by atoms with van der Waals surface area (Å²) in [5, 5.41) is 5.87. The highest BCUT2D eigenvalue weighted by molar-refractivity contribution is 9.10. The summed E-state index contributed by atoms with van der Waals surface area (Å²) in [6, 6.07) is 5.18.